The monoisotopic (exact) mass is 815 g/mol. The van der Waals surface area contributed by atoms with E-state index in [-0.39, 0.29) is 45.5 Å². The van der Waals surface area contributed by atoms with Crippen LogP contribution in [0.1, 0.15) is 120 Å². The summed E-state index contributed by atoms with van der Waals surface area (Å²) in [4.78, 5) is 0. The summed E-state index contributed by atoms with van der Waals surface area (Å²) in [5.41, 5.74) is -2.59. The molecule has 0 aromatic heterocycles. The molecule has 21 atom stereocenters. The molecular formula is C43H74O14. The molecule has 0 aromatic carbocycles. The van der Waals surface area contributed by atoms with Gasteiger partial charge in [0, 0.05) is 5.41 Å². The Morgan fingerprint density at radius 1 is 0.632 bits per heavy atom. The Morgan fingerprint density at radius 2 is 1.23 bits per heavy atom. The molecule has 0 aromatic rings. The largest absolute Gasteiger partial charge is 0.394 e. The van der Waals surface area contributed by atoms with Crippen molar-refractivity contribution in [1.82, 2.24) is 0 Å². The van der Waals surface area contributed by atoms with Crippen LogP contribution in [0, 0.1) is 44.8 Å². The molecule has 14 nitrogen and oxygen atoms in total. The van der Waals surface area contributed by atoms with E-state index in [0.717, 1.165) is 44.9 Å². The SMILES string of the molecule is CC(C)(O)[C@@H]1CC[C@@](C)(C2CC[C@]3(C)[C@]2(C)[C@H](O)C[C@@H]2[C@@]4(C)CC[C@H](O[C@@H]5O[C@H](CO)[C@@H](O)[C@H](O)[C@H]5O[C@@H]5O[C@H](CO)[C@@H](O)[C@H](O)[C@H]5O)C(C)(C)[C@@H]4CC[C@]23C)O1. The van der Waals surface area contributed by atoms with Gasteiger partial charge in [0.1, 0.15) is 48.8 Å². The van der Waals surface area contributed by atoms with Crippen LogP contribution in [0.2, 0.25) is 0 Å². The maximum absolute atomic E-state index is 12.6. The number of ether oxygens (including phenoxy) is 5. The number of aliphatic hydroxyl groups is 9. The highest BCUT2D eigenvalue weighted by atomic mass is 16.8. The van der Waals surface area contributed by atoms with E-state index in [1.807, 2.05) is 13.8 Å². The van der Waals surface area contributed by atoms with Crippen LogP contribution in [0.25, 0.3) is 0 Å². The van der Waals surface area contributed by atoms with Gasteiger partial charge in [-0.2, -0.15) is 0 Å². The van der Waals surface area contributed by atoms with Crippen LogP contribution in [0.3, 0.4) is 0 Å². The van der Waals surface area contributed by atoms with Crippen molar-refractivity contribution in [2.24, 2.45) is 44.8 Å². The molecule has 0 amide bonds. The molecule has 4 saturated carbocycles. The number of hydrogen-bond acceptors (Lipinski definition) is 14. The molecule has 3 heterocycles. The first-order valence-corrected chi connectivity index (χ1v) is 21.7. The molecule has 7 fully saturated rings. The van der Waals surface area contributed by atoms with Crippen molar-refractivity contribution in [3.05, 3.63) is 0 Å². The molecule has 4 aliphatic carbocycles. The second-order valence-corrected chi connectivity index (χ2v) is 21.6. The molecule has 7 aliphatic rings. The van der Waals surface area contributed by atoms with Gasteiger partial charge in [0.15, 0.2) is 12.6 Å². The molecule has 57 heavy (non-hydrogen) atoms. The Hall–Kier alpha value is -0.560. The maximum Gasteiger partial charge on any atom is 0.187 e. The number of hydrogen-bond donors (Lipinski definition) is 9. The van der Waals surface area contributed by atoms with Gasteiger partial charge in [-0.3, -0.25) is 0 Å². The van der Waals surface area contributed by atoms with Crippen molar-refractivity contribution in [1.29, 1.82) is 0 Å². The number of rotatable bonds is 8. The zero-order chi connectivity index (χ0) is 42.1. The Bertz CT molecular complexity index is 1460. The van der Waals surface area contributed by atoms with Gasteiger partial charge in [0.25, 0.3) is 0 Å². The van der Waals surface area contributed by atoms with Crippen molar-refractivity contribution in [2.75, 3.05) is 13.2 Å². The van der Waals surface area contributed by atoms with E-state index in [9.17, 15) is 46.0 Å². The zero-order valence-corrected chi connectivity index (χ0v) is 35.6. The quantitative estimate of drug-likeness (QED) is 0.159. The highest BCUT2D eigenvalue weighted by Crippen LogP contribution is 2.79. The van der Waals surface area contributed by atoms with Crippen molar-refractivity contribution < 1.29 is 69.6 Å². The fourth-order valence-electron chi connectivity index (χ4n) is 14.7. The Kier molecular flexibility index (Phi) is 11.5. The lowest BCUT2D eigenvalue weighted by Crippen LogP contribution is -2.70. The third-order valence-corrected chi connectivity index (χ3v) is 18.3. The van der Waals surface area contributed by atoms with E-state index >= 15 is 0 Å². The average molecular weight is 815 g/mol. The molecule has 7 rings (SSSR count). The van der Waals surface area contributed by atoms with Crippen LogP contribution in [0.15, 0.2) is 0 Å². The van der Waals surface area contributed by atoms with E-state index in [2.05, 4.69) is 48.5 Å². The van der Waals surface area contributed by atoms with Gasteiger partial charge in [-0.1, -0.05) is 41.5 Å². The molecule has 0 radical (unpaired) electrons. The van der Waals surface area contributed by atoms with Crippen LogP contribution >= 0.6 is 0 Å². The van der Waals surface area contributed by atoms with Crippen molar-refractivity contribution in [3.63, 3.8) is 0 Å². The normalized spacial score (nSPS) is 56.5. The van der Waals surface area contributed by atoms with Gasteiger partial charge in [0.05, 0.1) is 42.7 Å². The minimum absolute atomic E-state index is 0.0687. The fourth-order valence-corrected chi connectivity index (χ4v) is 14.7. The van der Waals surface area contributed by atoms with Crippen LogP contribution in [-0.4, -0.2) is 150 Å². The van der Waals surface area contributed by atoms with Gasteiger partial charge in [-0.15, -0.1) is 0 Å². The summed E-state index contributed by atoms with van der Waals surface area (Å²) in [6, 6.07) is 0. The Balaban J connectivity index is 1.13. The first kappa shape index (κ1) is 44.5. The van der Waals surface area contributed by atoms with Gasteiger partial charge in [-0.05, 0) is 118 Å². The lowest BCUT2D eigenvalue weighted by molar-refractivity contribution is -0.379. The Labute approximate surface area is 338 Å². The summed E-state index contributed by atoms with van der Waals surface area (Å²) in [6.07, 6.45) is -8.69. The minimum Gasteiger partial charge on any atom is -0.394 e. The van der Waals surface area contributed by atoms with E-state index < -0.39 is 103 Å². The van der Waals surface area contributed by atoms with E-state index in [4.69, 9.17) is 23.7 Å². The third kappa shape index (κ3) is 6.47. The summed E-state index contributed by atoms with van der Waals surface area (Å²) in [7, 11) is 0. The number of fused-ring (bicyclic) bond motifs is 5. The Morgan fingerprint density at radius 3 is 1.82 bits per heavy atom. The summed E-state index contributed by atoms with van der Waals surface area (Å²) in [6.45, 7) is 18.6. The van der Waals surface area contributed by atoms with Gasteiger partial charge < -0.3 is 69.6 Å². The summed E-state index contributed by atoms with van der Waals surface area (Å²) >= 11 is 0. The molecule has 1 unspecified atom stereocenters. The molecule has 3 aliphatic heterocycles. The molecule has 330 valence electrons. The fraction of sp³-hybridized carbons (Fsp3) is 1.00. The highest BCUT2D eigenvalue weighted by Gasteiger charge is 2.76. The number of aliphatic hydroxyl groups excluding tert-OH is 8. The van der Waals surface area contributed by atoms with Crippen molar-refractivity contribution in [2.45, 2.75) is 211 Å². The van der Waals surface area contributed by atoms with Gasteiger partial charge in [-0.25, -0.2) is 0 Å². The zero-order valence-electron chi connectivity index (χ0n) is 35.6. The van der Waals surface area contributed by atoms with Gasteiger partial charge in [0.2, 0.25) is 0 Å². The summed E-state index contributed by atoms with van der Waals surface area (Å²) in [5.74, 6) is 0.549. The van der Waals surface area contributed by atoms with E-state index in [1.165, 1.54) is 0 Å². The maximum atomic E-state index is 12.6. The highest BCUT2D eigenvalue weighted by molar-refractivity contribution is 5.24. The lowest BCUT2D eigenvalue weighted by Gasteiger charge is -2.73. The minimum atomic E-state index is -1.76. The average Bonchev–Trinajstić information content (AvgIpc) is 3.69. The second-order valence-electron chi connectivity index (χ2n) is 21.6. The summed E-state index contributed by atoms with van der Waals surface area (Å²) in [5, 5.41) is 97.0. The summed E-state index contributed by atoms with van der Waals surface area (Å²) < 4.78 is 31.2. The second kappa shape index (κ2) is 14.8. The first-order valence-electron chi connectivity index (χ1n) is 21.7. The smallest absolute Gasteiger partial charge is 0.187 e. The van der Waals surface area contributed by atoms with E-state index in [1.54, 1.807) is 0 Å². The van der Waals surface area contributed by atoms with Crippen LogP contribution < -0.4 is 0 Å². The molecule has 0 bridgehead atoms. The van der Waals surface area contributed by atoms with Crippen molar-refractivity contribution >= 4 is 0 Å². The lowest BCUT2D eigenvalue weighted by atomic mass is 9.32. The van der Waals surface area contributed by atoms with E-state index in [0.29, 0.717) is 12.8 Å². The topological polar surface area (TPSA) is 228 Å². The molecule has 14 heteroatoms. The molecule has 0 spiro atoms. The first-order chi connectivity index (χ1) is 26.4. The van der Waals surface area contributed by atoms with Gasteiger partial charge >= 0.3 is 0 Å². The van der Waals surface area contributed by atoms with Crippen LogP contribution in [-0.2, 0) is 23.7 Å². The van der Waals surface area contributed by atoms with Crippen LogP contribution in [0.4, 0.5) is 0 Å². The third-order valence-electron chi connectivity index (χ3n) is 18.3. The molecule has 3 saturated heterocycles. The molecular weight excluding hydrogens is 740 g/mol. The predicted molar refractivity (Wildman–Crippen MR) is 205 cm³/mol. The molecule has 9 N–H and O–H groups in total. The predicted octanol–water partition coefficient (Wildman–Crippen LogP) is 1.75. The van der Waals surface area contributed by atoms with Crippen molar-refractivity contribution in [3.8, 4) is 0 Å². The van der Waals surface area contributed by atoms with Crippen LogP contribution in [0.5, 0.6) is 0 Å². The standard InChI is InChI=1S/C43H74O14/c1-37(2)23-10-15-40(6)25(18-26(46)43(9)24(11-17-42(40,43)8)41(7)16-13-28(57-41)38(3,4)52)39(23,5)14-12-27(37)55-36-34(32(50)30(48)22(20-45)54-36)56-35-33(51)31(49)29(47)21(19-44)53-35/h21-36,44-52H,10-20H2,1-9H3/t21-,22-,23+,24?,25-,26-,27+,28+,29-,30-,31+,32+,33-,34-,35+,36+,39+,40-,41+,42+,43+/m1/s1.